The van der Waals surface area contributed by atoms with Crippen LogP contribution in [0.2, 0.25) is 0 Å². The van der Waals surface area contributed by atoms with Crippen LogP contribution < -0.4 is 10.2 Å². The summed E-state index contributed by atoms with van der Waals surface area (Å²) in [6.07, 6.45) is 0. The predicted molar refractivity (Wildman–Crippen MR) is 128 cm³/mol. The third-order valence-corrected chi connectivity index (χ3v) is 5.95. The number of nitrogens with one attached hydrogen (secondary N) is 1. The molecular weight excluding hydrogens is 386 g/mol. The van der Waals surface area contributed by atoms with E-state index in [1.165, 1.54) is 16.8 Å². The van der Waals surface area contributed by atoms with Gasteiger partial charge in [0.1, 0.15) is 0 Å². The summed E-state index contributed by atoms with van der Waals surface area (Å²) in [5.74, 6) is 1.02. The lowest BCUT2D eigenvalue weighted by atomic mass is 10.1. The van der Waals surface area contributed by atoms with Gasteiger partial charge < -0.3 is 19.9 Å². The van der Waals surface area contributed by atoms with Crippen LogP contribution in [0.25, 0.3) is 0 Å². The Bertz CT molecular complexity index is 827. The number of anilines is 1. The Balaban J connectivity index is 1.35. The number of benzene rings is 2. The molecule has 6 heteroatoms. The summed E-state index contributed by atoms with van der Waals surface area (Å²) in [5, 5.41) is 3.49. The second-order valence-electron chi connectivity index (χ2n) is 8.19. The van der Waals surface area contributed by atoms with Crippen LogP contribution in [-0.4, -0.2) is 74.8 Å². The first-order valence-electron chi connectivity index (χ1n) is 11.5. The SMILES string of the molecule is CCNC(=NCc1cccc(CN2CCOCC2)c1)N1CCN(c2ccccc2)CC1. The fraction of sp³-hybridized carbons (Fsp3) is 0.480. The highest BCUT2D eigenvalue weighted by Crippen LogP contribution is 2.16. The quantitative estimate of drug-likeness (QED) is 0.574. The van der Waals surface area contributed by atoms with E-state index in [-0.39, 0.29) is 0 Å². The highest BCUT2D eigenvalue weighted by Gasteiger charge is 2.19. The Labute approximate surface area is 186 Å². The molecule has 2 aliphatic rings. The van der Waals surface area contributed by atoms with Crippen LogP contribution in [0.1, 0.15) is 18.1 Å². The summed E-state index contributed by atoms with van der Waals surface area (Å²) in [7, 11) is 0. The Hall–Kier alpha value is -2.57. The Morgan fingerprint density at radius 3 is 2.39 bits per heavy atom. The highest BCUT2D eigenvalue weighted by atomic mass is 16.5. The minimum absolute atomic E-state index is 0.707. The van der Waals surface area contributed by atoms with Gasteiger partial charge in [0.25, 0.3) is 0 Å². The molecule has 0 atom stereocenters. The molecule has 0 saturated carbocycles. The molecule has 0 aromatic heterocycles. The van der Waals surface area contributed by atoms with Gasteiger partial charge in [0, 0.05) is 58.0 Å². The van der Waals surface area contributed by atoms with Gasteiger partial charge in [0.15, 0.2) is 5.96 Å². The van der Waals surface area contributed by atoms with Crippen molar-refractivity contribution in [2.45, 2.75) is 20.0 Å². The maximum atomic E-state index is 5.46. The Morgan fingerprint density at radius 1 is 0.903 bits per heavy atom. The van der Waals surface area contributed by atoms with Gasteiger partial charge in [-0.25, -0.2) is 4.99 Å². The molecule has 31 heavy (non-hydrogen) atoms. The van der Waals surface area contributed by atoms with Gasteiger partial charge >= 0.3 is 0 Å². The van der Waals surface area contributed by atoms with Gasteiger partial charge in [0.05, 0.1) is 19.8 Å². The smallest absolute Gasteiger partial charge is 0.194 e. The number of rotatable bonds is 6. The van der Waals surface area contributed by atoms with Gasteiger partial charge in [-0.15, -0.1) is 0 Å². The average Bonchev–Trinajstić information content (AvgIpc) is 2.83. The lowest BCUT2D eigenvalue weighted by Gasteiger charge is -2.37. The van der Waals surface area contributed by atoms with Crippen LogP contribution in [0.5, 0.6) is 0 Å². The van der Waals surface area contributed by atoms with E-state index in [0.29, 0.717) is 6.54 Å². The van der Waals surface area contributed by atoms with Crippen molar-refractivity contribution in [3.8, 4) is 0 Å². The van der Waals surface area contributed by atoms with Gasteiger partial charge in [-0.1, -0.05) is 42.5 Å². The Morgan fingerprint density at radius 2 is 1.65 bits per heavy atom. The van der Waals surface area contributed by atoms with Gasteiger partial charge in [-0.2, -0.15) is 0 Å². The molecule has 2 heterocycles. The number of para-hydroxylation sites is 1. The third kappa shape index (κ3) is 6.21. The van der Waals surface area contributed by atoms with Crippen molar-refractivity contribution >= 4 is 11.6 Å². The van der Waals surface area contributed by atoms with Gasteiger partial charge in [-0.3, -0.25) is 4.90 Å². The van der Waals surface area contributed by atoms with Crippen molar-refractivity contribution in [2.75, 3.05) is 63.9 Å². The maximum Gasteiger partial charge on any atom is 0.194 e. The first kappa shape index (κ1) is 21.7. The summed E-state index contributed by atoms with van der Waals surface area (Å²) in [6, 6.07) is 19.5. The number of guanidine groups is 1. The number of hydrogen-bond acceptors (Lipinski definition) is 4. The molecule has 2 aromatic carbocycles. The zero-order chi connectivity index (χ0) is 21.3. The average molecular weight is 422 g/mol. The zero-order valence-electron chi connectivity index (χ0n) is 18.7. The van der Waals surface area contributed by atoms with Crippen LogP contribution in [0.4, 0.5) is 5.69 Å². The van der Waals surface area contributed by atoms with Crippen LogP contribution in [-0.2, 0) is 17.8 Å². The van der Waals surface area contributed by atoms with Crippen molar-refractivity contribution < 1.29 is 4.74 Å². The van der Waals surface area contributed by atoms with E-state index in [4.69, 9.17) is 9.73 Å². The molecule has 6 nitrogen and oxygen atoms in total. The second kappa shape index (κ2) is 11.2. The van der Waals surface area contributed by atoms with Crippen molar-refractivity contribution in [3.05, 3.63) is 65.7 Å². The second-order valence-corrected chi connectivity index (χ2v) is 8.19. The molecule has 2 saturated heterocycles. The van der Waals surface area contributed by atoms with Gasteiger partial charge in [-0.05, 0) is 30.2 Å². The molecule has 1 N–H and O–H groups in total. The molecule has 0 amide bonds. The number of piperazine rings is 1. The van der Waals surface area contributed by atoms with Crippen molar-refractivity contribution in [1.82, 2.24) is 15.1 Å². The minimum atomic E-state index is 0.707. The molecule has 2 aliphatic heterocycles. The number of aliphatic imine (C=N–C) groups is 1. The standard InChI is InChI=1S/C25H35N5O/c1-2-26-25(30-13-11-29(12-14-30)24-9-4-3-5-10-24)27-20-22-7-6-8-23(19-22)21-28-15-17-31-18-16-28/h3-10,19H,2,11-18,20-21H2,1H3,(H,26,27). The van der Waals surface area contributed by atoms with E-state index in [1.807, 2.05) is 0 Å². The summed E-state index contributed by atoms with van der Waals surface area (Å²) in [6.45, 7) is 12.4. The molecule has 0 aliphatic carbocycles. The fourth-order valence-corrected chi connectivity index (χ4v) is 4.25. The van der Waals surface area contributed by atoms with E-state index in [0.717, 1.165) is 71.5 Å². The maximum absolute atomic E-state index is 5.46. The number of nitrogens with zero attached hydrogens (tertiary/aromatic N) is 4. The molecule has 4 rings (SSSR count). The first-order chi connectivity index (χ1) is 15.3. The predicted octanol–water partition coefficient (Wildman–Crippen LogP) is 2.81. The highest BCUT2D eigenvalue weighted by molar-refractivity contribution is 5.80. The molecule has 0 radical (unpaired) electrons. The van der Waals surface area contributed by atoms with Crippen LogP contribution in [0, 0.1) is 0 Å². The fourth-order valence-electron chi connectivity index (χ4n) is 4.25. The summed E-state index contributed by atoms with van der Waals surface area (Å²) in [4.78, 5) is 12.3. The van der Waals surface area contributed by atoms with E-state index in [2.05, 4.69) is 81.5 Å². The normalized spacial score (nSPS) is 18.3. The molecular formula is C25H35N5O. The molecule has 0 spiro atoms. The van der Waals surface area contributed by atoms with Crippen LogP contribution >= 0.6 is 0 Å². The van der Waals surface area contributed by atoms with Crippen molar-refractivity contribution in [2.24, 2.45) is 4.99 Å². The summed E-state index contributed by atoms with van der Waals surface area (Å²) < 4.78 is 5.46. The number of ether oxygens (including phenoxy) is 1. The third-order valence-electron chi connectivity index (χ3n) is 5.95. The van der Waals surface area contributed by atoms with Crippen LogP contribution in [0.15, 0.2) is 59.6 Å². The lowest BCUT2D eigenvalue weighted by Crippen LogP contribution is -2.52. The molecule has 2 fully saturated rings. The van der Waals surface area contributed by atoms with E-state index < -0.39 is 0 Å². The Kier molecular flexibility index (Phi) is 7.80. The topological polar surface area (TPSA) is 43.3 Å². The monoisotopic (exact) mass is 421 g/mol. The van der Waals surface area contributed by atoms with Gasteiger partial charge in [0.2, 0.25) is 0 Å². The zero-order valence-corrected chi connectivity index (χ0v) is 18.7. The largest absolute Gasteiger partial charge is 0.379 e. The molecule has 0 unspecified atom stereocenters. The minimum Gasteiger partial charge on any atom is -0.379 e. The van der Waals surface area contributed by atoms with E-state index >= 15 is 0 Å². The summed E-state index contributed by atoms with van der Waals surface area (Å²) >= 11 is 0. The van der Waals surface area contributed by atoms with Crippen molar-refractivity contribution in [3.63, 3.8) is 0 Å². The molecule has 0 bridgehead atoms. The van der Waals surface area contributed by atoms with E-state index in [1.54, 1.807) is 0 Å². The first-order valence-corrected chi connectivity index (χ1v) is 11.5. The lowest BCUT2D eigenvalue weighted by molar-refractivity contribution is 0.0342. The summed E-state index contributed by atoms with van der Waals surface area (Å²) in [5.41, 5.74) is 3.93. The van der Waals surface area contributed by atoms with E-state index in [9.17, 15) is 0 Å². The molecule has 166 valence electrons. The number of morpholine rings is 1. The van der Waals surface area contributed by atoms with Crippen molar-refractivity contribution in [1.29, 1.82) is 0 Å². The number of hydrogen-bond donors (Lipinski definition) is 1. The molecule has 2 aromatic rings. The van der Waals surface area contributed by atoms with Crippen LogP contribution in [0.3, 0.4) is 0 Å².